The predicted molar refractivity (Wildman–Crippen MR) is 76.8 cm³/mol. The molecule has 0 saturated heterocycles. The third-order valence-electron chi connectivity index (χ3n) is 2.19. The zero-order chi connectivity index (χ0) is 15.0. The summed E-state index contributed by atoms with van der Waals surface area (Å²) in [6.07, 6.45) is 1.23. The molecule has 1 aromatic rings. The molecule has 0 radical (unpaired) electrons. The van der Waals surface area contributed by atoms with Crippen molar-refractivity contribution in [2.24, 2.45) is 0 Å². The van der Waals surface area contributed by atoms with Gasteiger partial charge in [0.05, 0.1) is 11.7 Å². The van der Waals surface area contributed by atoms with Crippen molar-refractivity contribution in [2.75, 3.05) is 19.7 Å². The molecule has 0 aliphatic carbocycles. The lowest BCUT2D eigenvalue weighted by Gasteiger charge is -2.20. The molecule has 0 spiro atoms. The highest BCUT2D eigenvalue weighted by Gasteiger charge is 2.13. The molecule has 114 valence electrons. The van der Waals surface area contributed by atoms with Gasteiger partial charge in [-0.1, -0.05) is 0 Å². The molecule has 20 heavy (non-hydrogen) atoms. The molecule has 0 aliphatic heterocycles. The standard InChI is InChI=1S/C12H22N4O3S/c1-12(2,3)15-10(18)4-5-13-6-9(17)8-19-11-7-14-20-16-11/h7,9,13,17H,4-6,8H2,1-3H3,(H,15,18). The molecule has 0 fully saturated rings. The molecular formula is C12H22N4O3S. The van der Waals surface area contributed by atoms with Crippen molar-refractivity contribution < 1.29 is 14.6 Å². The zero-order valence-electron chi connectivity index (χ0n) is 12.0. The largest absolute Gasteiger partial charge is 0.473 e. The van der Waals surface area contributed by atoms with Crippen molar-refractivity contribution in [3.8, 4) is 5.88 Å². The number of carbonyl (C=O) groups excluding carboxylic acids is 1. The van der Waals surface area contributed by atoms with Gasteiger partial charge in [0, 0.05) is 25.0 Å². The van der Waals surface area contributed by atoms with E-state index in [1.807, 2.05) is 20.8 Å². The molecular weight excluding hydrogens is 280 g/mol. The summed E-state index contributed by atoms with van der Waals surface area (Å²) in [5.74, 6) is 0.405. The molecule has 0 aromatic carbocycles. The summed E-state index contributed by atoms with van der Waals surface area (Å²) in [6, 6.07) is 0. The average Bonchev–Trinajstić information content (AvgIpc) is 2.83. The molecule has 1 rings (SSSR count). The van der Waals surface area contributed by atoms with Crippen LogP contribution < -0.4 is 15.4 Å². The Labute approximate surface area is 123 Å². The Balaban J connectivity index is 2.04. The molecule has 7 nitrogen and oxygen atoms in total. The van der Waals surface area contributed by atoms with Crippen LogP contribution in [0.1, 0.15) is 27.2 Å². The molecule has 1 atom stereocenters. The van der Waals surface area contributed by atoms with E-state index in [4.69, 9.17) is 4.74 Å². The molecule has 0 bridgehead atoms. The van der Waals surface area contributed by atoms with Gasteiger partial charge in [-0.25, -0.2) is 0 Å². The number of hydrogen-bond acceptors (Lipinski definition) is 7. The van der Waals surface area contributed by atoms with Crippen molar-refractivity contribution >= 4 is 17.6 Å². The van der Waals surface area contributed by atoms with E-state index in [9.17, 15) is 9.90 Å². The fourth-order valence-corrected chi connectivity index (χ4v) is 1.78. The van der Waals surface area contributed by atoms with Crippen LogP contribution in [-0.4, -0.2) is 51.1 Å². The maximum absolute atomic E-state index is 11.5. The van der Waals surface area contributed by atoms with Crippen molar-refractivity contribution in [3.63, 3.8) is 0 Å². The summed E-state index contributed by atoms with van der Waals surface area (Å²) in [4.78, 5) is 11.5. The van der Waals surface area contributed by atoms with Crippen LogP contribution in [0.4, 0.5) is 0 Å². The fourth-order valence-electron chi connectivity index (χ4n) is 1.41. The van der Waals surface area contributed by atoms with Gasteiger partial charge in [-0.2, -0.15) is 4.37 Å². The first-order valence-electron chi connectivity index (χ1n) is 6.47. The smallest absolute Gasteiger partial charge is 0.245 e. The van der Waals surface area contributed by atoms with Crippen LogP contribution in [0.2, 0.25) is 0 Å². The van der Waals surface area contributed by atoms with Gasteiger partial charge in [0.2, 0.25) is 11.8 Å². The second kappa shape index (κ2) is 8.13. The number of nitrogens with zero attached hydrogens (tertiary/aromatic N) is 2. The number of aliphatic hydroxyl groups is 1. The number of aromatic nitrogens is 2. The van der Waals surface area contributed by atoms with E-state index in [0.29, 0.717) is 25.4 Å². The van der Waals surface area contributed by atoms with Crippen LogP contribution in [-0.2, 0) is 4.79 Å². The van der Waals surface area contributed by atoms with Gasteiger partial charge < -0.3 is 20.5 Å². The third kappa shape index (κ3) is 8.03. The summed E-state index contributed by atoms with van der Waals surface area (Å²) in [5, 5.41) is 15.5. The molecule has 1 amide bonds. The Bertz CT molecular complexity index is 392. The Morgan fingerprint density at radius 1 is 1.55 bits per heavy atom. The second-order valence-corrected chi connectivity index (χ2v) is 6.02. The molecule has 3 N–H and O–H groups in total. The van der Waals surface area contributed by atoms with Gasteiger partial charge in [-0.15, -0.1) is 4.37 Å². The maximum Gasteiger partial charge on any atom is 0.245 e. The Morgan fingerprint density at radius 3 is 2.90 bits per heavy atom. The zero-order valence-corrected chi connectivity index (χ0v) is 12.9. The van der Waals surface area contributed by atoms with E-state index < -0.39 is 6.10 Å². The van der Waals surface area contributed by atoms with E-state index >= 15 is 0 Å². The van der Waals surface area contributed by atoms with E-state index in [1.165, 1.54) is 6.20 Å². The van der Waals surface area contributed by atoms with E-state index in [1.54, 1.807) is 0 Å². The highest BCUT2D eigenvalue weighted by Crippen LogP contribution is 2.05. The summed E-state index contributed by atoms with van der Waals surface area (Å²) in [5.41, 5.74) is -0.216. The highest BCUT2D eigenvalue weighted by atomic mass is 32.1. The second-order valence-electron chi connectivity index (χ2n) is 5.46. The first-order chi connectivity index (χ1) is 9.37. The van der Waals surface area contributed by atoms with E-state index in [2.05, 4.69) is 19.4 Å². The lowest BCUT2D eigenvalue weighted by Crippen LogP contribution is -2.42. The van der Waals surface area contributed by atoms with E-state index in [0.717, 1.165) is 11.7 Å². The Hall–Kier alpha value is -1.25. The molecule has 1 heterocycles. The van der Waals surface area contributed by atoms with Gasteiger partial charge in [-0.05, 0) is 20.8 Å². The minimum atomic E-state index is -0.651. The van der Waals surface area contributed by atoms with Crippen LogP contribution >= 0.6 is 11.7 Å². The quantitative estimate of drug-likeness (QED) is 0.593. The van der Waals surface area contributed by atoms with Gasteiger partial charge in [0.1, 0.15) is 18.9 Å². The summed E-state index contributed by atoms with van der Waals surface area (Å²) in [6.45, 7) is 6.83. The summed E-state index contributed by atoms with van der Waals surface area (Å²) >= 11 is 1.05. The van der Waals surface area contributed by atoms with E-state index in [-0.39, 0.29) is 18.1 Å². The number of amides is 1. The van der Waals surface area contributed by atoms with Crippen molar-refractivity contribution in [1.82, 2.24) is 19.4 Å². The van der Waals surface area contributed by atoms with Crippen LogP contribution in [0.25, 0.3) is 0 Å². The van der Waals surface area contributed by atoms with Gasteiger partial charge >= 0.3 is 0 Å². The first-order valence-corrected chi connectivity index (χ1v) is 7.20. The van der Waals surface area contributed by atoms with Crippen molar-refractivity contribution in [1.29, 1.82) is 0 Å². The molecule has 1 unspecified atom stereocenters. The number of aliphatic hydroxyl groups excluding tert-OH is 1. The number of ether oxygens (including phenoxy) is 1. The fraction of sp³-hybridized carbons (Fsp3) is 0.750. The summed E-state index contributed by atoms with van der Waals surface area (Å²) in [7, 11) is 0. The molecule has 1 aromatic heterocycles. The molecule has 8 heteroatoms. The highest BCUT2D eigenvalue weighted by molar-refractivity contribution is 6.99. The molecule has 0 saturated carbocycles. The van der Waals surface area contributed by atoms with Gasteiger partial charge in [0.15, 0.2) is 0 Å². The topological polar surface area (TPSA) is 96.4 Å². The number of hydrogen-bond donors (Lipinski definition) is 3. The Morgan fingerprint density at radius 2 is 2.30 bits per heavy atom. The summed E-state index contributed by atoms with van der Waals surface area (Å²) < 4.78 is 12.9. The minimum Gasteiger partial charge on any atom is -0.473 e. The lowest BCUT2D eigenvalue weighted by molar-refractivity contribution is -0.122. The first kappa shape index (κ1) is 16.8. The monoisotopic (exact) mass is 302 g/mol. The normalized spacial score (nSPS) is 13.0. The maximum atomic E-state index is 11.5. The number of nitrogens with one attached hydrogen (secondary N) is 2. The average molecular weight is 302 g/mol. The van der Waals surface area contributed by atoms with Crippen molar-refractivity contribution in [3.05, 3.63) is 6.20 Å². The van der Waals surface area contributed by atoms with Crippen LogP contribution in [0, 0.1) is 0 Å². The third-order valence-corrected chi connectivity index (χ3v) is 2.65. The number of rotatable bonds is 8. The Kier molecular flexibility index (Phi) is 6.83. The van der Waals surface area contributed by atoms with Crippen LogP contribution in [0.15, 0.2) is 6.20 Å². The molecule has 0 aliphatic rings. The number of carbonyl (C=O) groups is 1. The van der Waals surface area contributed by atoms with Crippen LogP contribution in [0.5, 0.6) is 5.88 Å². The predicted octanol–water partition coefficient (Wildman–Crippen LogP) is 0.172. The van der Waals surface area contributed by atoms with Crippen molar-refractivity contribution in [2.45, 2.75) is 38.8 Å². The minimum absolute atomic E-state index is 0.00992. The van der Waals surface area contributed by atoms with Gasteiger partial charge in [-0.3, -0.25) is 4.79 Å². The SMILES string of the molecule is CC(C)(C)NC(=O)CCNCC(O)COc1cnsn1. The van der Waals surface area contributed by atoms with Crippen LogP contribution in [0.3, 0.4) is 0 Å². The van der Waals surface area contributed by atoms with Gasteiger partial charge in [0.25, 0.3) is 0 Å². The lowest BCUT2D eigenvalue weighted by atomic mass is 10.1.